The number of rotatable bonds is 13. The number of phenolic OH excluding ortho intramolecular Hbond substituents is 1. The van der Waals surface area contributed by atoms with Gasteiger partial charge < -0.3 is 5.11 Å². The van der Waals surface area contributed by atoms with Crippen molar-refractivity contribution in [1.82, 2.24) is 0 Å². The highest BCUT2D eigenvalue weighted by molar-refractivity contribution is 5.98. The summed E-state index contributed by atoms with van der Waals surface area (Å²) < 4.78 is 0. The fourth-order valence-electron chi connectivity index (χ4n) is 8.35. The van der Waals surface area contributed by atoms with Crippen LogP contribution in [0.15, 0.2) is 18.2 Å². The van der Waals surface area contributed by atoms with Gasteiger partial charge in [-0.2, -0.15) is 0 Å². The van der Waals surface area contributed by atoms with Gasteiger partial charge in [-0.15, -0.1) is 0 Å². The van der Waals surface area contributed by atoms with E-state index < -0.39 is 0 Å². The van der Waals surface area contributed by atoms with E-state index in [-0.39, 0.29) is 11.5 Å². The number of carbonyl (C=O) groups excluding carboxylic acids is 1. The molecule has 1 aromatic carbocycles. The van der Waals surface area contributed by atoms with Crippen molar-refractivity contribution in [3.63, 3.8) is 0 Å². The molecule has 1 N–H and O–H groups in total. The third-order valence-electron chi connectivity index (χ3n) is 11.0. The number of unbranched alkanes of at least 4 members (excludes halogenated alkanes) is 3. The van der Waals surface area contributed by atoms with E-state index in [1.54, 1.807) is 0 Å². The molecule has 0 saturated heterocycles. The van der Waals surface area contributed by atoms with Crippen LogP contribution >= 0.6 is 0 Å². The van der Waals surface area contributed by atoms with Gasteiger partial charge in [0.2, 0.25) is 0 Å². The van der Waals surface area contributed by atoms with Gasteiger partial charge in [0.25, 0.3) is 0 Å². The van der Waals surface area contributed by atoms with E-state index in [9.17, 15) is 9.90 Å². The van der Waals surface area contributed by atoms with Crippen LogP contribution in [0, 0.1) is 29.6 Å². The minimum absolute atomic E-state index is 0.0822. The Labute approximate surface area is 234 Å². The van der Waals surface area contributed by atoms with Gasteiger partial charge >= 0.3 is 0 Å². The number of benzene rings is 1. The smallest absolute Gasteiger partial charge is 0.166 e. The Bertz CT molecular complexity index is 820. The second-order valence-electron chi connectivity index (χ2n) is 13.7. The van der Waals surface area contributed by atoms with Crippen molar-refractivity contribution in [2.45, 2.75) is 155 Å². The van der Waals surface area contributed by atoms with Gasteiger partial charge in [-0.25, -0.2) is 0 Å². The molecule has 0 aliphatic heterocycles. The number of Topliss-reactive ketones (excluding diaryl/α,β-unsaturated/α-hetero) is 1. The van der Waals surface area contributed by atoms with E-state index in [0.29, 0.717) is 17.9 Å². The maximum Gasteiger partial charge on any atom is 0.166 e. The zero-order chi connectivity index (χ0) is 26.7. The van der Waals surface area contributed by atoms with Crippen LogP contribution in [0.5, 0.6) is 5.75 Å². The van der Waals surface area contributed by atoms with Crippen LogP contribution < -0.4 is 0 Å². The molecule has 0 radical (unpaired) electrons. The molecule has 0 amide bonds. The molecule has 3 fully saturated rings. The minimum atomic E-state index is 0.0822. The lowest BCUT2D eigenvalue weighted by atomic mass is 9.67. The van der Waals surface area contributed by atoms with Crippen LogP contribution in [0.25, 0.3) is 0 Å². The van der Waals surface area contributed by atoms with Crippen molar-refractivity contribution in [2.24, 2.45) is 29.6 Å². The summed E-state index contributed by atoms with van der Waals surface area (Å²) >= 11 is 0. The van der Waals surface area contributed by atoms with Gasteiger partial charge in [0, 0.05) is 6.42 Å². The number of hydrogen-bond donors (Lipinski definition) is 1. The lowest BCUT2D eigenvalue weighted by molar-refractivity contribution is 0.0977. The largest absolute Gasteiger partial charge is 0.507 e. The molecule has 0 heterocycles. The average molecular weight is 523 g/mol. The van der Waals surface area contributed by atoms with Crippen molar-refractivity contribution in [3.05, 3.63) is 29.3 Å². The molecule has 214 valence electrons. The van der Waals surface area contributed by atoms with E-state index >= 15 is 0 Å². The molecule has 1 aromatic rings. The fourth-order valence-corrected chi connectivity index (χ4v) is 8.35. The number of ketones is 1. The summed E-state index contributed by atoms with van der Waals surface area (Å²) in [4.78, 5) is 12.3. The lowest BCUT2D eigenvalue weighted by Crippen LogP contribution is -2.26. The highest BCUT2D eigenvalue weighted by Crippen LogP contribution is 2.44. The molecule has 0 aromatic heterocycles. The van der Waals surface area contributed by atoms with Crippen LogP contribution in [-0.4, -0.2) is 10.9 Å². The summed E-state index contributed by atoms with van der Waals surface area (Å²) in [5.41, 5.74) is 1.75. The van der Waals surface area contributed by atoms with Gasteiger partial charge in [0.1, 0.15) is 5.75 Å². The molecule has 4 rings (SSSR count). The molecule has 0 unspecified atom stereocenters. The van der Waals surface area contributed by atoms with Gasteiger partial charge in [-0.05, 0) is 111 Å². The number of carbonyl (C=O) groups is 1. The van der Waals surface area contributed by atoms with Crippen molar-refractivity contribution in [1.29, 1.82) is 0 Å². The van der Waals surface area contributed by atoms with Crippen molar-refractivity contribution in [2.75, 3.05) is 0 Å². The first kappa shape index (κ1) is 29.7. The predicted octanol–water partition coefficient (Wildman–Crippen LogP) is 11.0. The Hall–Kier alpha value is -1.31. The molecule has 3 aliphatic rings. The van der Waals surface area contributed by atoms with Crippen LogP contribution in [-0.2, 0) is 0 Å². The maximum atomic E-state index is 12.3. The normalized spacial score (nSPS) is 30.3. The Morgan fingerprint density at radius 3 is 1.74 bits per heavy atom. The summed E-state index contributed by atoms with van der Waals surface area (Å²) in [7, 11) is 0. The SMILES string of the molecule is CCCCCC1CCC(C2CCC(CCC3CCC(c4ccc(C(=O)CCCC)c(O)c4)CC3)CC2)CC1. The first-order valence-corrected chi connectivity index (χ1v) is 16.9. The van der Waals surface area contributed by atoms with Gasteiger partial charge in [-0.1, -0.05) is 90.5 Å². The van der Waals surface area contributed by atoms with E-state index in [4.69, 9.17) is 0 Å². The zero-order valence-electron chi connectivity index (χ0n) is 24.9. The van der Waals surface area contributed by atoms with Crippen molar-refractivity contribution in [3.8, 4) is 5.75 Å². The third kappa shape index (κ3) is 8.59. The molecule has 0 atom stereocenters. The van der Waals surface area contributed by atoms with E-state index in [0.717, 1.165) is 42.4 Å². The molecular weight excluding hydrogens is 464 g/mol. The standard InChI is InChI=1S/C36H58O2/c1-3-5-7-8-27-12-18-30(19-13-27)31-20-14-28(15-21-31)10-11-29-16-22-32(23-17-29)33-24-25-34(36(38)26-33)35(37)9-6-4-2/h24-32,38H,3-23H2,1-2H3. The van der Waals surface area contributed by atoms with Crippen LogP contribution in [0.2, 0.25) is 0 Å². The molecule has 2 heteroatoms. The van der Waals surface area contributed by atoms with Crippen LogP contribution in [0.1, 0.15) is 171 Å². The molecule has 3 aliphatic carbocycles. The van der Waals surface area contributed by atoms with Crippen LogP contribution in [0.3, 0.4) is 0 Å². The Balaban J connectivity index is 1.11. The Kier molecular flexibility index (Phi) is 12.1. The topological polar surface area (TPSA) is 37.3 Å². The Morgan fingerprint density at radius 1 is 0.684 bits per heavy atom. The second kappa shape index (κ2) is 15.5. The van der Waals surface area contributed by atoms with Gasteiger partial charge in [0.15, 0.2) is 5.78 Å². The summed E-state index contributed by atoms with van der Waals surface area (Å²) in [5.74, 6) is 5.86. The molecule has 3 saturated carbocycles. The van der Waals surface area contributed by atoms with Gasteiger partial charge in [-0.3, -0.25) is 4.79 Å². The number of aromatic hydroxyl groups is 1. The van der Waals surface area contributed by atoms with E-state index in [2.05, 4.69) is 19.9 Å². The molecule has 38 heavy (non-hydrogen) atoms. The first-order valence-electron chi connectivity index (χ1n) is 16.9. The zero-order valence-corrected chi connectivity index (χ0v) is 24.9. The third-order valence-corrected chi connectivity index (χ3v) is 11.0. The molecule has 0 spiro atoms. The lowest BCUT2D eigenvalue weighted by Gasteiger charge is -2.38. The molecule has 2 nitrogen and oxygen atoms in total. The highest BCUT2D eigenvalue weighted by atomic mass is 16.3. The monoisotopic (exact) mass is 522 g/mol. The summed E-state index contributed by atoms with van der Waals surface area (Å²) in [6.45, 7) is 4.42. The minimum Gasteiger partial charge on any atom is -0.507 e. The van der Waals surface area contributed by atoms with E-state index in [1.807, 2.05) is 12.1 Å². The predicted molar refractivity (Wildman–Crippen MR) is 161 cm³/mol. The summed E-state index contributed by atoms with van der Waals surface area (Å²) in [5, 5.41) is 10.5. The fraction of sp³-hybridized carbons (Fsp3) is 0.806. The van der Waals surface area contributed by atoms with Gasteiger partial charge in [0.05, 0.1) is 5.56 Å². The summed E-state index contributed by atoms with van der Waals surface area (Å²) in [6.07, 6.45) is 28.4. The van der Waals surface area contributed by atoms with Crippen molar-refractivity contribution >= 4 is 5.78 Å². The number of hydrogen-bond acceptors (Lipinski definition) is 2. The Morgan fingerprint density at radius 2 is 1.21 bits per heavy atom. The molecule has 0 bridgehead atoms. The van der Waals surface area contributed by atoms with E-state index in [1.165, 1.54) is 121 Å². The van der Waals surface area contributed by atoms with Crippen molar-refractivity contribution < 1.29 is 9.90 Å². The highest BCUT2D eigenvalue weighted by Gasteiger charge is 2.31. The quantitative estimate of drug-likeness (QED) is 0.206. The maximum absolute atomic E-state index is 12.3. The molecular formula is C36H58O2. The van der Waals surface area contributed by atoms with Crippen LogP contribution in [0.4, 0.5) is 0 Å². The summed E-state index contributed by atoms with van der Waals surface area (Å²) in [6, 6.07) is 5.88. The first-order chi connectivity index (χ1) is 18.6. The second-order valence-corrected chi connectivity index (χ2v) is 13.7. The number of phenols is 1. The average Bonchev–Trinajstić information content (AvgIpc) is 2.96.